The predicted molar refractivity (Wildman–Crippen MR) is 89.3 cm³/mol. The average Bonchev–Trinajstić information content (AvgIpc) is 3.08. The van der Waals surface area contributed by atoms with E-state index in [1.165, 1.54) is 21.5 Å². The van der Waals surface area contributed by atoms with Gasteiger partial charge in [-0.2, -0.15) is 4.80 Å². The summed E-state index contributed by atoms with van der Waals surface area (Å²) in [5.41, 5.74) is 1.02. The molecule has 7 nitrogen and oxygen atoms in total. The minimum absolute atomic E-state index is 0.133. The maximum Gasteiger partial charge on any atom is 0.261 e. The number of para-hydroxylation sites is 1. The summed E-state index contributed by atoms with van der Waals surface area (Å²) in [7, 11) is 1.65. The molecule has 0 spiro atoms. The molecule has 0 bridgehead atoms. The van der Waals surface area contributed by atoms with Gasteiger partial charge in [0.05, 0.1) is 10.9 Å². The van der Waals surface area contributed by atoms with Gasteiger partial charge in [-0.15, -0.1) is 10.2 Å². The lowest BCUT2D eigenvalue weighted by molar-refractivity contribution is 0.536. The van der Waals surface area contributed by atoms with Crippen LogP contribution in [0.5, 0.6) is 0 Å². The van der Waals surface area contributed by atoms with Crippen LogP contribution >= 0.6 is 0 Å². The first-order valence-electron chi connectivity index (χ1n) is 7.60. The Morgan fingerprint density at radius 1 is 1.12 bits per heavy atom. The maximum atomic E-state index is 13.3. The molecule has 2 aromatic heterocycles. The second-order valence-electron chi connectivity index (χ2n) is 5.56. The van der Waals surface area contributed by atoms with E-state index in [-0.39, 0.29) is 17.9 Å². The van der Waals surface area contributed by atoms with E-state index in [4.69, 9.17) is 0 Å². The molecule has 25 heavy (non-hydrogen) atoms. The minimum atomic E-state index is -0.368. The van der Waals surface area contributed by atoms with Crippen LogP contribution in [0.2, 0.25) is 0 Å². The zero-order valence-electron chi connectivity index (χ0n) is 13.3. The SMILES string of the molecule is Cn1c(Cn2nnc(-c3cccc(F)c3)n2)nc2ccccc2c1=O. The van der Waals surface area contributed by atoms with E-state index in [0.29, 0.717) is 28.1 Å². The average molecular weight is 336 g/mol. The van der Waals surface area contributed by atoms with Crippen LogP contribution in [0, 0.1) is 5.82 Å². The summed E-state index contributed by atoms with van der Waals surface area (Å²) in [5, 5.41) is 12.7. The highest BCUT2D eigenvalue weighted by Crippen LogP contribution is 2.14. The van der Waals surface area contributed by atoms with Crippen molar-refractivity contribution >= 4 is 10.9 Å². The highest BCUT2D eigenvalue weighted by molar-refractivity contribution is 5.77. The smallest absolute Gasteiger partial charge is 0.261 e. The van der Waals surface area contributed by atoms with Crippen molar-refractivity contribution in [3.05, 3.63) is 70.5 Å². The van der Waals surface area contributed by atoms with E-state index < -0.39 is 0 Å². The molecule has 4 rings (SSSR count). The molecule has 124 valence electrons. The number of hydrogen-bond donors (Lipinski definition) is 0. The largest absolute Gasteiger partial charge is 0.298 e. The summed E-state index contributed by atoms with van der Waals surface area (Å²) in [6.45, 7) is 0.179. The van der Waals surface area contributed by atoms with Crippen molar-refractivity contribution < 1.29 is 4.39 Å². The second kappa shape index (κ2) is 5.90. The van der Waals surface area contributed by atoms with Crippen molar-refractivity contribution in [2.45, 2.75) is 6.54 Å². The van der Waals surface area contributed by atoms with Crippen LogP contribution in [0.1, 0.15) is 5.82 Å². The summed E-state index contributed by atoms with van der Waals surface area (Å²) in [6.07, 6.45) is 0. The van der Waals surface area contributed by atoms with Gasteiger partial charge >= 0.3 is 0 Å². The first-order chi connectivity index (χ1) is 12.1. The fraction of sp³-hybridized carbons (Fsp3) is 0.118. The van der Waals surface area contributed by atoms with Gasteiger partial charge in [0.15, 0.2) is 0 Å². The Balaban J connectivity index is 1.71. The summed E-state index contributed by atoms with van der Waals surface area (Å²) >= 11 is 0. The molecule has 0 radical (unpaired) electrons. The molecule has 0 amide bonds. The molecule has 0 fully saturated rings. The maximum absolute atomic E-state index is 13.3. The van der Waals surface area contributed by atoms with Crippen molar-refractivity contribution in [2.24, 2.45) is 7.05 Å². The molecule has 2 heterocycles. The minimum Gasteiger partial charge on any atom is -0.298 e. The van der Waals surface area contributed by atoms with Crippen LogP contribution in [-0.2, 0) is 13.6 Å². The lowest BCUT2D eigenvalue weighted by atomic mass is 10.2. The van der Waals surface area contributed by atoms with Crippen LogP contribution in [0.3, 0.4) is 0 Å². The van der Waals surface area contributed by atoms with E-state index in [1.807, 2.05) is 6.07 Å². The van der Waals surface area contributed by atoms with Gasteiger partial charge in [0.2, 0.25) is 5.82 Å². The third kappa shape index (κ3) is 2.78. The molecule has 8 heteroatoms. The first kappa shape index (κ1) is 15.1. The molecule has 2 aromatic carbocycles. The number of tetrazole rings is 1. The normalized spacial score (nSPS) is 11.1. The van der Waals surface area contributed by atoms with Crippen molar-refractivity contribution in [3.8, 4) is 11.4 Å². The Labute approximate surface area is 141 Å². The lowest BCUT2D eigenvalue weighted by Crippen LogP contribution is -2.24. The highest BCUT2D eigenvalue weighted by Gasteiger charge is 2.11. The van der Waals surface area contributed by atoms with Crippen LogP contribution in [0.25, 0.3) is 22.3 Å². The predicted octanol–water partition coefficient (Wildman–Crippen LogP) is 1.77. The molecule has 0 saturated heterocycles. The number of rotatable bonds is 3. The topological polar surface area (TPSA) is 78.5 Å². The molecule has 0 aliphatic carbocycles. The fourth-order valence-electron chi connectivity index (χ4n) is 2.59. The zero-order valence-corrected chi connectivity index (χ0v) is 13.3. The number of benzene rings is 2. The Bertz CT molecular complexity index is 1130. The summed E-state index contributed by atoms with van der Waals surface area (Å²) in [5.74, 6) is 0.449. The number of aromatic nitrogens is 6. The number of fused-ring (bicyclic) bond motifs is 1. The molecule has 0 unspecified atom stereocenters. The monoisotopic (exact) mass is 336 g/mol. The quantitative estimate of drug-likeness (QED) is 0.570. The van der Waals surface area contributed by atoms with E-state index in [9.17, 15) is 9.18 Å². The third-order valence-electron chi connectivity index (χ3n) is 3.89. The molecular weight excluding hydrogens is 323 g/mol. The van der Waals surface area contributed by atoms with Crippen molar-refractivity contribution in [1.82, 2.24) is 29.8 Å². The molecule has 0 aliphatic heterocycles. The standard InChI is InChI=1S/C17H13FN6O/c1-23-15(19-14-8-3-2-7-13(14)17(23)25)10-24-21-16(20-22-24)11-5-4-6-12(18)9-11/h2-9H,10H2,1H3. The van der Waals surface area contributed by atoms with Gasteiger partial charge in [0, 0.05) is 12.6 Å². The molecule has 0 saturated carbocycles. The Morgan fingerprint density at radius 2 is 1.96 bits per heavy atom. The van der Waals surface area contributed by atoms with Crippen molar-refractivity contribution in [2.75, 3.05) is 0 Å². The van der Waals surface area contributed by atoms with E-state index in [0.717, 1.165) is 0 Å². The van der Waals surface area contributed by atoms with Crippen LogP contribution in [0.15, 0.2) is 53.3 Å². The van der Waals surface area contributed by atoms with Crippen molar-refractivity contribution in [1.29, 1.82) is 0 Å². The van der Waals surface area contributed by atoms with Crippen molar-refractivity contribution in [3.63, 3.8) is 0 Å². The molecule has 0 N–H and O–H groups in total. The number of nitrogens with zero attached hydrogens (tertiary/aromatic N) is 6. The lowest BCUT2D eigenvalue weighted by Gasteiger charge is -2.08. The third-order valence-corrected chi connectivity index (χ3v) is 3.89. The Kier molecular flexibility index (Phi) is 3.57. The van der Waals surface area contributed by atoms with Gasteiger partial charge in [-0.05, 0) is 29.5 Å². The second-order valence-corrected chi connectivity index (χ2v) is 5.56. The molecule has 0 aliphatic rings. The molecular formula is C17H13FN6O. The first-order valence-corrected chi connectivity index (χ1v) is 7.60. The summed E-state index contributed by atoms with van der Waals surface area (Å²) in [6, 6.07) is 13.1. The van der Waals surface area contributed by atoms with E-state index >= 15 is 0 Å². The van der Waals surface area contributed by atoms with Gasteiger partial charge in [-0.3, -0.25) is 9.36 Å². The number of halogens is 1. The zero-order chi connectivity index (χ0) is 17.4. The van der Waals surface area contributed by atoms with Gasteiger partial charge in [-0.25, -0.2) is 9.37 Å². The van der Waals surface area contributed by atoms with Crippen LogP contribution in [-0.4, -0.2) is 29.8 Å². The van der Waals surface area contributed by atoms with Crippen LogP contribution in [0.4, 0.5) is 4.39 Å². The molecule has 4 aromatic rings. The van der Waals surface area contributed by atoms with E-state index in [1.54, 1.807) is 37.4 Å². The Morgan fingerprint density at radius 3 is 2.80 bits per heavy atom. The summed E-state index contributed by atoms with van der Waals surface area (Å²) < 4.78 is 14.8. The fourth-order valence-corrected chi connectivity index (χ4v) is 2.59. The highest BCUT2D eigenvalue weighted by atomic mass is 19.1. The van der Waals surface area contributed by atoms with Gasteiger partial charge in [0.1, 0.15) is 18.2 Å². The van der Waals surface area contributed by atoms with Gasteiger partial charge in [-0.1, -0.05) is 24.3 Å². The number of hydrogen-bond acceptors (Lipinski definition) is 5. The molecule has 0 atom stereocenters. The van der Waals surface area contributed by atoms with E-state index in [2.05, 4.69) is 20.4 Å². The van der Waals surface area contributed by atoms with Crippen LogP contribution < -0.4 is 5.56 Å². The summed E-state index contributed by atoms with van der Waals surface area (Å²) in [4.78, 5) is 18.3. The van der Waals surface area contributed by atoms with Gasteiger partial charge in [0.25, 0.3) is 5.56 Å². The van der Waals surface area contributed by atoms with Gasteiger partial charge < -0.3 is 0 Å². The Hall–Kier alpha value is -3.42.